The summed E-state index contributed by atoms with van der Waals surface area (Å²) in [6, 6.07) is 2.36. The summed E-state index contributed by atoms with van der Waals surface area (Å²) >= 11 is 0. The van der Waals surface area contributed by atoms with Gasteiger partial charge in [0.2, 0.25) is 0 Å². The lowest BCUT2D eigenvalue weighted by Crippen LogP contribution is -2.20. The maximum absolute atomic E-state index is 4.99. The number of methoxy groups -OCH3 is 1. The predicted molar refractivity (Wildman–Crippen MR) is 60.7 cm³/mol. The van der Waals surface area contributed by atoms with Crippen LogP contribution in [0.5, 0.6) is 0 Å². The lowest BCUT2D eigenvalue weighted by atomic mass is 10.2. The molecule has 0 fully saturated rings. The van der Waals surface area contributed by atoms with E-state index in [-0.39, 0.29) is 0 Å². The minimum absolute atomic E-state index is 0.356. The van der Waals surface area contributed by atoms with Crippen molar-refractivity contribution in [2.24, 2.45) is 0 Å². The van der Waals surface area contributed by atoms with E-state index in [0.29, 0.717) is 6.04 Å². The van der Waals surface area contributed by atoms with Crippen LogP contribution in [0.3, 0.4) is 0 Å². The van der Waals surface area contributed by atoms with Crippen LogP contribution < -0.4 is 5.32 Å². The van der Waals surface area contributed by atoms with Crippen LogP contribution in [0.4, 0.5) is 0 Å². The fourth-order valence-corrected chi connectivity index (χ4v) is 1.48. The van der Waals surface area contributed by atoms with Crippen molar-refractivity contribution < 1.29 is 4.74 Å². The van der Waals surface area contributed by atoms with Crippen LogP contribution in [-0.4, -0.2) is 30.5 Å². The van der Waals surface area contributed by atoms with E-state index in [4.69, 9.17) is 4.74 Å². The maximum Gasteiger partial charge on any atom is 0.0518 e. The third-order valence-corrected chi connectivity index (χ3v) is 2.46. The van der Waals surface area contributed by atoms with Gasteiger partial charge >= 0.3 is 0 Å². The van der Waals surface area contributed by atoms with E-state index in [1.807, 2.05) is 6.07 Å². The number of H-pyrrole nitrogens is 1. The Bertz CT molecular complexity index is 236. The SMILES string of the molecule is COCCCCCNC(C)c1ccn[nH]1. The molecule has 1 heterocycles. The molecule has 1 atom stereocenters. The van der Waals surface area contributed by atoms with Crippen LogP contribution in [-0.2, 0) is 4.74 Å². The molecule has 0 aliphatic heterocycles. The topological polar surface area (TPSA) is 49.9 Å². The van der Waals surface area contributed by atoms with E-state index in [1.165, 1.54) is 12.8 Å². The van der Waals surface area contributed by atoms with E-state index in [9.17, 15) is 0 Å². The summed E-state index contributed by atoms with van der Waals surface area (Å²) in [5.41, 5.74) is 1.15. The first kappa shape index (κ1) is 12.2. The van der Waals surface area contributed by atoms with Gasteiger partial charge in [0.25, 0.3) is 0 Å². The van der Waals surface area contributed by atoms with Crippen molar-refractivity contribution in [3.63, 3.8) is 0 Å². The molecule has 86 valence electrons. The highest BCUT2D eigenvalue weighted by Gasteiger charge is 2.04. The molecule has 0 aliphatic carbocycles. The standard InChI is InChI=1S/C11H21N3O/c1-10(11-6-8-13-14-11)12-7-4-3-5-9-15-2/h6,8,10,12H,3-5,7,9H2,1-2H3,(H,13,14). The Hall–Kier alpha value is -0.870. The molecule has 4 heteroatoms. The molecule has 0 aromatic carbocycles. The molecule has 0 saturated carbocycles. The van der Waals surface area contributed by atoms with Gasteiger partial charge in [0.1, 0.15) is 0 Å². The predicted octanol–water partition coefficient (Wildman–Crippen LogP) is 1.88. The number of nitrogens with zero attached hydrogens (tertiary/aromatic N) is 1. The fraction of sp³-hybridized carbons (Fsp3) is 0.727. The lowest BCUT2D eigenvalue weighted by Gasteiger charge is -2.11. The lowest BCUT2D eigenvalue weighted by molar-refractivity contribution is 0.192. The van der Waals surface area contributed by atoms with Crippen molar-refractivity contribution in [2.45, 2.75) is 32.2 Å². The quantitative estimate of drug-likeness (QED) is 0.645. The van der Waals surface area contributed by atoms with Crippen LogP contribution >= 0.6 is 0 Å². The molecule has 0 saturated heterocycles. The van der Waals surface area contributed by atoms with Gasteiger partial charge < -0.3 is 10.1 Å². The molecule has 2 N–H and O–H groups in total. The zero-order valence-electron chi connectivity index (χ0n) is 9.62. The minimum atomic E-state index is 0.356. The normalized spacial score (nSPS) is 12.9. The monoisotopic (exact) mass is 211 g/mol. The molecule has 15 heavy (non-hydrogen) atoms. The highest BCUT2D eigenvalue weighted by Crippen LogP contribution is 2.07. The van der Waals surface area contributed by atoms with Gasteiger partial charge in [-0.2, -0.15) is 5.10 Å². The van der Waals surface area contributed by atoms with E-state index >= 15 is 0 Å². The van der Waals surface area contributed by atoms with Crippen molar-refractivity contribution in [3.05, 3.63) is 18.0 Å². The number of rotatable bonds is 8. The average molecular weight is 211 g/mol. The molecule has 0 spiro atoms. The van der Waals surface area contributed by atoms with Crippen LogP contribution in [0.15, 0.2) is 12.3 Å². The first-order chi connectivity index (χ1) is 7.34. The van der Waals surface area contributed by atoms with E-state index in [2.05, 4.69) is 22.4 Å². The second kappa shape index (κ2) is 7.43. The van der Waals surface area contributed by atoms with E-state index in [0.717, 1.165) is 25.3 Å². The molecule has 0 amide bonds. The summed E-state index contributed by atoms with van der Waals surface area (Å²) in [6.45, 7) is 4.06. The Balaban J connectivity index is 2.00. The molecule has 4 nitrogen and oxygen atoms in total. The summed E-state index contributed by atoms with van der Waals surface area (Å²) in [5, 5.41) is 10.3. The molecular formula is C11H21N3O. The molecule has 0 aliphatic rings. The van der Waals surface area contributed by atoms with Crippen molar-refractivity contribution in [1.82, 2.24) is 15.5 Å². The van der Waals surface area contributed by atoms with Crippen LogP contribution in [0.25, 0.3) is 0 Å². The first-order valence-corrected chi connectivity index (χ1v) is 5.56. The number of ether oxygens (including phenoxy) is 1. The molecule has 1 rings (SSSR count). The first-order valence-electron chi connectivity index (χ1n) is 5.56. The van der Waals surface area contributed by atoms with Crippen molar-refractivity contribution in [1.29, 1.82) is 0 Å². The van der Waals surface area contributed by atoms with Gasteiger partial charge in [-0.3, -0.25) is 5.10 Å². The summed E-state index contributed by atoms with van der Waals surface area (Å²) in [6.07, 6.45) is 5.35. The summed E-state index contributed by atoms with van der Waals surface area (Å²) < 4.78 is 4.99. The zero-order valence-corrected chi connectivity index (χ0v) is 9.62. The highest BCUT2D eigenvalue weighted by atomic mass is 16.5. The van der Waals surface area contributed by atoms with Crippen molar-refractivity contribution in [3.8, 4) is 0 Å². The Labute approximate surface area is 91.4 Å². The van der Waals surface area contributed by atoms with E-state index in [1.54, 1.807) is 13.3 Å². The van der Waals surface area contributed by atoms with Gasteiger partial charge in [0.05, 0.1) is 5.69 Å². The van der Waals surface area contributed by atoms with Crippen LogP contribution in [0.1, 0.15) is 37.9 Å². The van der Waals surface area contributed by atoms with Crippen molar-refractivity contribution in [2.75, 3.05) is 20.3 Å². The molecule has 0 bridgehead atoms. The van der Waals surface area contributed by atoms with Gasteiger partial charge in [-0.05, 0) is 38.8 Å². The van der Waals surface area contributed by atoms with Crippen molar-refractivity contribution >= 4 is 0 Å². The fourth-order valence-electron chi connectivity index (χ4n) is 1.48. The molecule has 1 unspecified atom stereocenters. The molecule has 0 radical (unpaired) electrons. The largest absolute Gasteiger partial charge is 0.385 e. The second-order valence-corrected chi connectivity index (χ2v) is 3.74. The number of hydrogen-bond acceptors (Lipinski definition) is 3. The van der Waals surface area contributed by atoms with Gasteiger partial charge in [-0.25, -0.2) is 0 Å². The van der Waals surface area contributed by atoms with Gasteiger partial charge in [0.15, 0.2) is 0 Å². The van der Waals surface area contributed by atoms with Crippen LogP contribution in [0.2, 0.25) is 0 Å². The zero-order chi connectivity index (χ0) is 10.9. The van der Waals surface area contributed by atoms with Gasteiger partial charge in [-0.1, -0.05) is 0 Å². The Kier molecular flexibility index (Phi) is 6.04. The highest BCUT2D eigenvalue weighted by molar-refractivity contribution is 5.02. The third kappa shape index (κ3) is 4.95. The Morgan fingerprint density at radius 1 is 1.47 bits per heavy atom. The average Bonchev–Trinajstić information content (AvgIpc) is 2.76. The minimum Gasteiger partial charge on any atom is -0.385 e. The smallest absolute Gasteiger partial charge is 0.0518 e. The Morgan fingerprint density at radius 3 is 3.00 bits per heavy atom. The van der Waals surface area contributed by atoms with Gasteiger partial charge in [-0.15, -0.1) is 0 Å². The third-order valence-electron chi connectivity index (χ3n) is 2.46. The second-order valence-electron chi connectivity index (χ2n) is 3.74. The number of aromatic nitrogens is 2. The Morgan fingerprint density at radius 2 is 2.33 bits per heavy atom. The maximum atomic E-state index is 4.99. The van der Waals surface area contributed by atoms with Gasteiger partial charge in [0, 0.05) is 26.0 Å². The van der Waals surface area contributed by atoms with Crippen LogP contribution in [0, 0.1) is 0 Å². The number of hydrogen-bond donors (Lipinski definition) is 2. The molecule has 1 aromatic rings. The molecule has 1 aromatic heterocycles. The number of nitrogens with one attached hydrogen (secondary N) is 2. The number of unbranched alkanes of at least 4 members (excludes halogenated alkanes) is 2. The van der Waals surface area contributed by atoms with E-state index < -0.39 is 0 Å². The molecular weight excluding hydrogens is 190 g/mol. The summed E-state index contributed by atoms with van der Waals surface area (Å²) in [5.74, 6) is 0. The summed E-state index contributed by atoms with van der Waals surface area (Å²) in [4.78, 5) is 0. The summed E-state index contributed by atoms with van der Waals surface area (Å²) in [7, 11) is 1.75. The number of aromatic amines is 1.